The highest BCUT2D eigenvalue weighted by Crippen LogP contribution is 2.10. The highest BCUT2D eigenvalue weighted by Gasteiger charge is 2.14. The first-order chi connectivity index (χ1) is 7.17. The van der Waals surface area contributed by atoms with Crippen molar-refractivity contribution >= 4 is 0 Å². The Hall–Kier alpha value is -0.860. The summed E-state index contributed by atoms with van der Waals surface area (Å²) >= 11 is 0. The zero-order valence-corrected chi connectivity index (χ0v) is 10.00. The monoisotopic (exact) mass is 206 g/mol. The van der Waals surface area contributed by atoms with E-state index >= 15 is 0 Å². The van der Waals surface area contributed by atoms with Gasteiger partial charge in [0.25, 0.3) is 0 Å². The summed E-state index contributed by atoms with van der Waals surface area (Å²) in [5.41, 5.74) is 2.54. The summed E-state index contributed by atoms with van der Waals surface area (Å²) in [5, 5.41) is 0. The van der Waals surface area contributed by atoms with Gasteiger partial charge in [-0.25, -0.2) is 0 Å². The Bertz CT molecular complexity index is 258. The van der Waals surface area contributed by atoms with Crippen molar-refractivity contribution in [1.29, 1.82) is 0 Å². The van der Waals surface area contributed by atoms with Crippen molar-refractivity contribution in [2.45, 2.75) is 6.92 Å². The molecule has 0 atom stereocenters. The molecule has 0 spiro atoms. The molecule has 0 aliphatic carbocycles. The van der Waals surface area contributed by atoms with Gasteiger partial charge in [-0.05, 0) is 25.1 Å². The summed E-state index contributed by atoms with van der Waals surface area (Å²) in [4.78, 5) is 4.85. The van der Waals surface area contributed by atoms with Crippen molar-refractivity contribution in [1.82, 2.24) is 9.80 Å². The molecule has 0 saturated carbocycles. The van der Waals surface area contributed by atoms with Crippen LogP contribution < -0.4 is 0 Å². The summed E-state index contributed by atoms with van der Waals surface area (Å²) in [7, 11) is 2.18. The minimum Gasteiger partial charge on any atom is -0.304 e. The van der Waals surface area contributed by atoms with E-state index < -0.39 is 0 Å². The largest absolute Gasteiger partial charge is 0.304 e. The first-order valence-electron chi connectivity index (χ1n) is 5.53. The second-order valence-corrected chi connectivity index (χ2v) is 4.20. The fraction of sp³-hybridized carbons (Fsp3) is 0.538. The standard InChI is InChI=1S/C13H22N2/c1-5-12(3)13(6-2)11-15-9-7-14(4)8-10-15/h5-6H,1-2,7-11H2,3-4H3/b13-12+. The SMILES string of the molecule is C=C/C(C)=C(\C=C)CN1CCN(C)CC1. The molecule has 2 nitrogen and oxygen atoms in total. The Labute approximate surface area is 93.6 Å². The number of allylic oxidation sites excluding steroid dienone is 2. The van der Waals surface area contributed by atoms with Gasteiger partial charge in [-0.1, -0.05) is 25.3 Å². The van der Waals surface area contributed by atoms with Crippen molar-refractivity contribution in [3.8, 4) is 0 Å². The predicted molar refractivity (Wildman–Crippen MR) is 67.0 cm³/mol. The second kappa shape index (κ2) is 5.89. The van der Waals surface area contributed by atoms with E-state index in [1.807, 2.05) is 12.2 Å². The van der Waals surface area contributed by atoms with Gasteiger partial charge in [-0.15, -0.1) is 0 Å². The summed E-state index contributed by atoms with van der Waals surface area (Å²) < 4.78 is 0. The molecule has 15 heavy (non-hydrogen) atoms. The molecule has 1 aliphatic heterocycles. The van der Waals surface area contributed by atoms with Crippen LogP contribution in [0.4, 0.5) is 0 Å². The zero-order valence-electron chi connectivity index (χ0n) is 10.00. The molecule has 0 aromatic carbocycles. The summed E-state index contributed by atoms with van der Waals surface area (Å²) in [6, 6.07) is 0. The van der Waals surface area contributed by atoms with Gasteiger partial charge in [0.1, 0.15) is 0 Å². The minimum atomic E-state index is 1.01. The Morgan fingerprint density at radius 2 is 1.73 bits per heavy atom. The Balaban J connectivity index is 2.53. The van der Waals surface area contributed by atoms with Crippen LogP contribution in [0.3, 0.4) is 0 Å². The molecule has 0 unspecified atom stereocenters. The lowest BCUT2D eigenvalue weighted by molar-refractivity contribution is 0.164. The van der Waals surface area contributed by atoms with Crippen LogP contribution in [0.5, 0.6) is 0 Å². The molecule has 2 heteroatoms. The van der Waals surface area contributed by atoms with Gasteiger partial charge in [0.2, 0.25) is 0 Å². The van der Waals surface area contributed by atoms with Gasteiger partial charge in [-0.2, -0.15) is 0 Å². The van der Waals surface area contributed by atoms with E-state index in [1.54, 1.807) is 0 Å². The summed E-state index contributed by atoms with van der Waals surface area (Å²) in [5.74, 6) is 0. The number of hydrogen-bond donors (Lipinski definition) is 0. The van der Waals surface area contributed by atoms with Gasteiger partial charge in [-0.3, -0.25) is 4.90 Å². The number of likely N-dealkylation sites (N-methyl/N-ethyl adjacent to an activating group) is 1. The van der Waals surface area contributed by atoms with E-state index in [4.69, 9.17) is 0 Å². The Morgan fingerprint density at radius 1 is 1.13 bits per heavy atom. The molecule has 0 amide bonds. The zero-order chi connectivity index (χ0) is 11.3. The molecule has 1 heterocycles. The maximum absolute atomic E-state index is 3.87. The normalized spacial score (nSPS) is 20.9. The van der Waals surface area contributed by atoms with Gasteiger partial charge in [0.15, 0.2) is 0 Å². The molecule has 1 fully saturated rings. The predicted octanol–water partition coefficient (Wildman–Crippen LogP) is 1.92. The molecular formula is C13H22N2. The van der Waals surface area contributed by atoms with Crippen LogP contribution in [0, 0.1) is 0 Å². The average Bonchev–Trinajstić information content (AvgIpc) is 2.27. The van der Waals surface area contributed by atoms with Crippen LogP contribution in [0.15, 0.2) is 36.5 Å². The van der Waals surface area contributed by atoms with Crippen molar-refractivity contribution in [2.24, 2.45) is 0 Å². The smallest absolute Gasteiger partial charge is 0.0237 e. The number of rotatable bonds is 4. The average molecular weight is 206 g/mol. The maximum atomic E-state index is 3.87. The van der Waals surface area contributed by atoms with Crippen molar-refractivity contribution in [3.05, 3.63) is 36.5 Å². The molecule has 0 aromatic heterocycles. The van der Waals surface area contributed by atoms with Crippen LogP contribution >= 0.6 is 0 Å². The van der Waals surface area contributed by atoms with Crippen LogP contribution in [-0.2, 0) is 0 Å². The van der Waals surface area contributed by atoms with Gasteiger partial charge < -0.3 is 4.90 Å². The fourth-order valence-corrected chi connectivity index (χ4v) is 1.73. The van der Waals surface area contributed by atoms with Crippen LogP contribution in [0.2, 0.25) is 0 Å². The summed E-state index contributed by atoms with van der Waals surface area (Å²) in [6.45, 7) is 15.4. The van der Waals surface area contributed by atoms with Crippen molar-refractivity contribution in [2.75, 3.05) is 39.8 Å². The molecule has 1 saturated heterocycles. The van der Waals surface area contributed by atoms with E-state index in [-0.39, 0.29) is 0 Å². The molecule has 0 radical (unpaired) electrons. The quantitative estimate of drug-likeness (QED) is 0.648. The van der Waals surface area contributed by atoms with Gasteiger partial charge >= 0.3 is 0 Å². The third kappa shape index (κ3) is 3.65. The molecule has 0 N–H and O–H groups in total. The number of hydrogen-bond acceptors (Lipinski definition) is 2. The maximum Gasteiger partial charge on any atom is 0.0237 e. The lowest BCUT2D eigenvalue weighted by Gasteiger charge is -2.32. The molecule has 0 aromatic rings. The van der Waals surface area contributed by atoms with Crippen molar-refractivity contribution < 1.29 is 0 Å². The topological polar surface area (TPSA) is 6.48 Å². The van der Waals surface area contributed by atoms with E-state index in [2.05, 4.69) is 36.9 Å². The van der Waals surface area contributed by atoms with Crippen LogP contribution in [-0.4, -0.2) is 49.6 Å². The summed E-state index contributed by atoms with van der Waals surface area (Å²) in [6.07, 6.45) is 3.86. The molecule has 84 valence electrons. The van der Waals surface area contributed by atoms with E-state index in [1.165, 1.54) is 11.1 Å². The minimum absolute atomic E-state index is 1.01. The van der Waals surface area contributed by atoms with E-state index in [9.17, 15) is 0 Å². The Kier molecular flexibility index (Phi) is 4.79. The van der Waals surface area contributed by atoms with Gasteiger partial charge in [0, 0.05) is 32.7 Å². The molecular weight excluding hydrogens is 184 g/mol. The van der Waals surface area contributed by atoms with Crippen molar-refractivity contribution in [3.63, 3.8) is 0 Å². The lowest BCUT2D eigenvalue weighted by Crippen LogP contribution is -2.45. The van der Waals surface area contributed by atoms with Crippen LogP contribution in [0.25, 0.3) is 0 Å². The first-order valence-corrected chi connectivity index (χ1v) is 5.53. The third-order valence-electron chi connectivity index (χ3n) is 3.05. The number of nitrogens with zero attached hydrogens (tertiary/aromatic N) is 2. The second-order valence-electron chi connectivity index (χ2n) is 4.20. The van der Waals surface area contributed by atoms with E-state index in [0.29, 0.717) is 0 Å². The van der Waals surface area contributed by atoms with Crippen LogP contribution in [0.1, 0.15) is 6.92 Å². The third-order valence-corrected chi connectivity index (χ3v) is 3.05. The van der Waals surface area contributed by atoms with E-state index in [0.717, 1.165) is 32.7 Å². The Morgan fingerprint density at radius 3 is 2.20 bits per heavy atom. The highest BCUT2D eigenvalue weighted by atomic mass is 15.2. The highest BCUT2D eigenvalue weighted by molar-refractivity contribution is 5.30. The lowest BCUT2D eigenvalue weighted by atomic mass is 10.1. The first kappa shape index (κ1) is 12.2. The van der Waals surface area contributed by atoms with Gasteiger partial charge in [0.05, 0.1) is 0 Å². The molecule has 1 rings (SSSR count). The fourth-order valence-electron chi connectivity index (χ4n) is 1.73. The molecule has 1 aliphatic rings. The number of piperazine rings is 1. The molecule has 0 bridgehead atoms.